The van der Waals surface area contributed by atoms with Gasteiger partial charge in [-0.3, -0.25) is 0 Å². The Morgan fingerprint density at radius 3 is 2.75 bits per heavy atom. The minimum absolute atomic E-state index is 0.103. The lowest BCUT2D eigenvalue weighted by atomic mass is 10.2. The largest absolute Gasteiger partial charge is 0.463 e. The fourth-order valence-corrected chi connectivity index (χ4v) is 1.89. The Morgan fingerprint density at radius 2 is 2.00 bits per heavy atom. The zero-order valence-corrected chi connectivity index (χ0v) is 12.3. The van der Waals surface area contributed by atoms with Crippen LogP contribution in [-0.2, 0) is 0 Å². The Labute approximate surface area is 123 Å². The number of hydrogen-bond donors (Lipinski definition) is 0. The third-order valence-electron chi connectivity index (χ3n) is 2.76. The maximum absolute atomic E-state index is 5.86. The second-order valence-corrected chi connectivity index (χ2v) is 4.74. The molecule has 0 atom stereocenters. The van der Waals surface area contributed by atoms with Crippen molar-refractivity contribution in [3.63, 3.8) is 0 Å². The highest BCUT2D eigenvalue weighted by molar-refractivity contribution is 6.28. The molecule has 0 saturated heterocycles. The Balaban J connectivity index is 1.88. The molecule has 0 radical (unpaired) electrons. The minimum atomic E-state index is 0.103. The number of aromatic nitrogens is 5. The molecule has 0 bridgehead atoms. The molecule has 20 heavy (non-hydrogen) atoms. The summed E-state index contributed by atoms with van der Waals surface area (Å²) < 4.78 is 7.03. The standard InChI is InChI=1S/C13H18ClN5O/c1-2-3-4-5-6-10-20-13-17-11(14)16-12(18-13)19-9-7-8-15-19/h7-9H,2-6,10H2,1H3. The van der Waals surface area contributed by atoms with E-state index in [0.29, 0.717) is 12.6 Å². The van der Waals surface area contributed by atoms with Crippen LogP contribution in [0.2, 0.25) is 5.28 Å². The van der Waals surface area contributed by atoms with E-state index < -0.39 is 0 Å². The molecule has 0 saturated carbocycles. The highest BCUT2D eigenvalue weighted by Gasteiger charge is 2.07. The fraction of sp³-hybridized carbons (Fsp3) is 0.538. The van der Waals surface area contributed by atoms with Crippen molar-refractivity contribution < 1.29 is 4.74 Å². The van der Waals surface area contributed by atoms with Gasteiger partial charge in [0.1, 0.15) is 0 Å². The summed E-state index contributed by atoms with van der Waals surface area (Å²) in [6.45, 7) is 2.78. The molecule has 0 aliphatic rings. The predicted octanol–water partition coefficient (Wildman–Crippen LogP) is 3.06. The van der Waals surface area contributed by atoms with Crippen LogP contribution in [0.15, 0.2) is 18.5 Å². The molecule has 0 aliphatic heterocycles. The number of nitrogens with zero attached hydrogens (tertiary/aromatic N) is 5. The molecule has 2 rings (SSSR count). The second kappa shape index (κ2) is 7.79. The van der Waals surface area contributed by atoms with E-state index in [1.165, 1.54) is 23.9 Å². The van der Waals surface area contributed by atoms with Gasteiger partial charge in [-0.15, -0.1) is 0 Å². The van der Waals surface area contributed by atoms with E-state index in [9.17, 15) is 0 Å². The van der Waals surface area contributed by atoms with Gasteiger partial charge in [0.25, 0.3) is 5.95 Å². The van der Waals surface area contributed by atoms with Crippen molar-refractivity contribution in [3.8, 4) is 12.0 Å². The Morgan fingerprint density at radius 1 is 1.15 bits per heavy atom. The van der Waals surface area contributed by atoms with Gasteiger partial charge in [0.05, 0.1) is 6.61 Å². The zero-order chi connectivity index (χ0) is 14.2. The molecule has 0 spiro atoms. The SMILES string of the molecule is CCCCCCCOc1nc(Cl)nc(-n2cccn2)n1. The van der Waals surface area contributed by atoms with Crippen molar-refractivity contribution in [1.82, 2.24) is 24.7 Å². The van der Waals surface area contributed by atoms with Crippen LogP contribution in [-0.4, -0.2) is 31.3 Å². The van der Waals surface area contributed by atoms with Crippen molar-refractivity contribution in [1.29, 1.82) is 0 Å². The van der Waals surface area contributed by atoms with Gasteiger partial charge in [0.2, 0.25) is 5.28 Å². The maximum atomic E-state index is 5.86. The van der Waals surface area contributed by atoms with Gasteiger partial charge in [-0.1, -0.05) is 32.6 Å². The van der Waals surface area contributed by atoms with Crippen LogP contribution in [0.5, 0.6) is 6.01 Å². The van der Waals surface area contributed by atoms with Crippen molar-refractivity contribution in [2.45, 2.75) is 39.0 Å². The van der Waals surface area contributed by atoms with Gasteiger partial charge in [-0.05, 0) is 24.1 Å². The van der Waals surface area contributed by atoms with Gasteiger partial charge in [-0.2, -0.15) is 20.1 Å². The Kier molecular flexibility index (Phi) is 5.73. The summed E-state index contributed by atoms with van der Waals surface area (Å²) in [6, 6.07) is 2.03. The van der Waals surface area contributed by atoms with Crippen molar-refractivity contribution >= 4 is 11.6 Å². The average Bonchev–Trinajstić information content (AvgIpc) is 2.96. The van der Waals surface area contributed by atoms with Crippen molar-refractivity contribution in [2.75, 3.05) is 6.61 Å². The topological polar surface area (TPSA) is 65.7 Å². The summed E-state index contributed by atoms with van der Waals surface area (Å²) in [5.41, 5.74) is 0. The summed E-state index contributed by atoms with van der Waals surface area (Å²) in [4.78, 5) is 12.1. The van der Waals surface area contributed by atoms with Crippen LogP contribution >= 0.6 is 11.6 Å². The molecule has 6 nitrogen and oxygen atoms in total. The Bertz CT molecular complexity index is 517. The first-order valence-electron chi connectivity index (χ1n) is 6.84. The molecule has 0 aliphatic carbocycles. The minimum Gasteiger partial charge on any atom is -0.463 e. The molecule has 0 unspecified atom stereocenters. The molecule has 0 aromatic carbocycles. The number of ether oxygens (including phenoxy) is 1. The number of rotatable bonds is 8. The van der Waals surface area contributed by atoms with Gasteiger partial charge in [0, 0.05) is 12.4 Å². The molecule has 7 heteroatoms. The highest BCUT2D eigenvalue weighted by Crippen LogP contribution is 2.11. The average molecular weight is 296 g/mol. The van der Waals surface area contributed by atoms with Crippen LogP contribution in [0.4, 0.5) is 0 Å². The number of halogens is 1. The smallest absolute Gasteiger partial charge is 0.322 e. The van der Waals surface area contributed by atoms with Gasteiger partial charge in [0.15, 0.2) is 0 Å². The van der Waals surface area contributed by atoms with Crippen LogP contribution in [0.25, 0.3) is 5.95 Å². The van der Waals surface area contributed by atoms with Crippen molar-refractivity contribution in [2.24, 2.45) is 0 Å². The van der Waals surface area contributed by atoms with Crippen molar-refractivity contribution in [3.05, 3.63) is 23.7 Å². The normalized spacial score (nSPS) is 10.7. The predicted molar refractivity (Wildman–Crippen MR) is 76.2 cm³/mol. The van der Waals surface area contributed by atoms with E-state index >= 15 is 0 Å². The van der Waals surface area contributed by atoms with Crippen LogP contribution in [0.1, 0.15) is 39.0 Å². The van der Waals surface area contributed by atoms with E-state index in [1.807, 2.05) is 0 Å². The van der Waals surface area contributed by atoms with E-state index in [4.69, 9.17) is 16.3 Å². The van der Waals surface area contributed by atoms with E-state index in [-0.39, 0.29) is 11.3 Å². The number of hydrogen-bond acceptors (Lipinski definition) is 5. The summed E-state index contributed by atoms with van der Waals surface area (Å²) in [6.07, 6.45) is 9.25. The van der Waals surface area contributed by atoms with Gasteiger partial charge < -0.3 is 4.74 Å². The van der Waals surface area contributed by atoms with Crippen LogP contribution in [0, 0.1) is 0 Å². The van der Waals surface area contributed by atoms with Gasteiger partial charge >= 0.3 is 6.01 Å². The van der Waals surface area contributed by atoms with E-state index in [0.717, 1.165) is 12.8 Å². The number of unbranched alkanes of at least 4 members (excludes halogenated alkanes) is 4. The molecule has 2 aromatic heterocycles. The molecule has 0 amide bonds. The molecule has 0 fully saturated rings. The highest BCUT2D eigenvalue weighted by atomic mass is 35.5. The third-order valence-corrected chi connectivity index (χ3v) is 2.93. The lowest BCUT2D eigenvalue weighted by Crippen LogP contribution is -2.07. The van der Waals surface area contributed by atoms with Crippen LogP contribution < -0.4 is 4.74 Å². The summed E-state index contributed by atoms with van der Waals surface area (Å²) in [5.74, 6) is 0.357. The third kappa shape index (κ3) is 4.45. The molecule has 2 heterocycles. The zero-order valence-electron chi connectivity index (χ0n) is 11.5. The van der Waals surface area contributed by atoms with E-state index in [1.54, 1.807) is 18.5 Å². The maximum Gasteiger partial charge on any atom is 0.322 e. The molecular formula is C13H18ClN5O. The van der Waals surface area contributed by atoms with Gasteiger partial charge in [-0.25, -0.2) is 4.68 Å². The summed E-state index contributed by atoms with van der Waals surface area (Å²) in [5, 5.41) is 4.15. The summed E-state index contributed by atoms with van der Waals surface area (Å²) >= 11 is 5.86. The quantitative estimate of drug-likeness (QED) is 0.700. The second-order valence-electron chi connectivity index (χ2n) is 4.40. The molecular weight excluding hydrogens is 278 g/mol. The first-order valence-corrected chi connectivity index (χ1v) is 7.22. The first kappa shape index (κ1) is 14.7. The fourth-order valence-electron chi connectivity index (χ4n) is 1.75. The molecule has 108 valence electrons. The lowest BCUT2D eigenvalue weighted by Gasteiger charge is -2.06. The van der Waals surface area contributed by atoms with Crippen LogP contribution in [0.3, 0.4) is 0 Å². The lowest BCUT2D eigenvalue weighted by molar-refractivity contribution is 0.280. The molecule has 0 N–H and O–H groups in total. The monoisotopic (exact) mass is 295 g/mol. The summed E-state index contributed by atoms with van der Waals surface area (Å²) in [7, 11) is 0. The molecule has 2 aromatic rings. The Hall–Kier alpha value is -1.69. The van der Waals surface area contributed by atoms with E-state index in [2.05, 4.69) is 27.0 Å². The first-order chi connectivity index (χ1) is 9.79.